The van der Waals surface area contributed by atoms with Crippen molar-refractivity contribution in [1.82, 2.24) is 0 Å². The summed E-state index contributed by atoms with van der Waals surface area (Å²) in [5, 5.41) is 0. The van der Waals surface area contributed by atoms with Gasteiger partial charge in [0.15, 0.2) is 6.10 Å². The van der Waals surface area contributed by atoms with Crippen LogP contribution in [0.2, 0.25) is 0 Å². The van der Waals surface area contributed by atoms with Gasteiger partial charge in [-0.3, -0.25) is 14.4 Å². The smallest absolute Gasteiger partial charge is 0.306 e. The Bertz CT molecular complexity index is 1170. The topological polar surface area (TPSA) is 78.9 Å². The van der Waals surface area contributed by atoms with Gasteiger partial charge in [0.05, 0.1) is 0 Å². The molecule has 0 rings (SSSR count). The largest absolute Gasteiger partial charge is 0.462 e. The van der Waals surface area contributed by atoms with Crippen molar-refractivity contribution in [2.24, 2.45) is 0 Å². The Labute approximate surface area is 396 Å². The van der Waals surface area contributed by atoms with Gasteiger partial charge in [0.2, 0.25) is 0 Å². The average Bonchev–Trinajstić information content (AvgIpc) is 3.29. The summed E-state index contributed by atoms with van der Waals surface area (Å²) in [5.74, 6) is -0.898. The highest BCUT2D eigenvalue weighted by atomic mass is 16.6. The van der Waals surface area contributed by atoms with Gasteiger partial charge in [-0.2, -0.15) is 0 Å². The van der Waals surface area contributed by atoms with Gasteiger partial charge in [-0.15, -0.1) is 0 Å². The highest BCUT2D eigenvalue weighted by molar-refractivity contribution is 5.71. The minimum atomic E-state index is -0.784. The molecule has 0 spiro atoms. The summed E-state index contributed by atoms with van der Waals surface area (Å²) in [6, 6.07) is 0. The molecule has 370 valence electrons. The molecule has 0 aromatic heterocycles. The second-order valence-corrected chi connectivity index (χ2v) is 18.1. The first-order chi connectivity index (χ1) is 31.5. The summed E-state index contributed by atoms with van der Waals surface area (Å²) < 4.78 is 16.8. The van der Waals surface area contributed by atoms with Crippen molar-refractivity contribution in [1.29, 1.82) is 0 Å². The van der Waals surface area contributed by atoms with Crippen molar-refractivity contribution < 1.29 is 28.6 Å². The lowest BCUT2D eigenvalue weighted by Crippen LogP contribution is -2.30. The summed E-state index contributed by atoms with van der Waals surface area (Å²) >= 11 is 0. The summed E-state index contributed by atoms with van der Waals surface area (Å²) in [5.41, 5.74) is 0. The van der Waals surface area contributed by atoms with Crippen LogP contribution in [0.1, 0.15) is 271 Å². The summed E-state index contributed by atoms with van der Waals surface area (Å²) in [6.07, 6.45) is 64.8. The van der Waals surface area contributed by atoms with Gasteiger partial charge in [-0.1, -0.05) is 229 Å². The van der Waals surface area contributed by atoms with Crippen LogP contribution in [0.25, 0.3) is 0 Å². The van der Waals surface area contributed by atoms with E-state index in [0.717, 1.165) is 109 Å². The average molecular weight is 895 g/mol. The van der Waals surface area contributed by atoms with E-state index in [0.29, 0.717) is 19.3 Å². The zero-order chi connectivity index (χ0) is 46.5. The Morgan fingerprint density at radius 1 is 0.328 bits per heavy atom. The van der Waals surface area contributed by atoms with E-state index in [1.165, 1.54) is 122 Å². The van der Waals surface area contributed by atoms with E-state index in [4.69, 9.17) is 14.2 Å². The standard InChI is InChI=1S/C58H102O6/c1-4-7-10-13-16-19-22-25-28-29-31-33-36-39-42-45-48-51-57(60)63-54-55(53-62-56(59)50-47-44-41-38-35-32-27-24-21-18-15-12-9-6-3)64-58(61)52-49-46-43-40-37-34-30-26-23-20-17-14-11-8-5-2/h8,11,16-17,19-20,25-26,28,30,55H,4-7,9-10,12-15,18,21-24,27,29,31-54H2,1-3H3/b11-8-,19-16-,20-17-,28-25-,30-26-. The molecule has 0 N–H and O–H groups in total. The van der Waals surface area contributed by atoms with Gasteiger partial charge in [0.25, 0.3) is 0 Å². The normalized spacial score (nSPS) is 12.5. The molecule has 0 aliphatic rings. The molecule has 0 saturated heterocycles. The fourth-order valence-corrected chi connectivity index (χ4v) is 7.66. The van der Waals surface area contributed by atoms with Crippen LogP contribution in [0.4, 0.5) is 0 Å². The predicted octanol–water partition coefficient (Wildman–Crippen LogP) is 18.0. The number of hydrogen-bond acceptors (Lipinski definition) is 6. The number of hydrogen-bond donors (Lipinski definition) is 0. The Balaban J connectivity index is 4.40. The van der Waals surface area contributed by atoms with Crippen LogP contribution in [0.5, 0.6) is 0 Å². The van der Waals surface area contributed by atoms with Crippen molar-refractivity contribution in [2.75, 3.05) is 13.2 Å². The minimum Gasteiger partial charge on any atom is -0.462 e. The molecule has 0 amide bonds. The highest BCUT2D eigenvalue weighted by Gasteiger charge is 2.19. The van der Waals surface area contributed by atoms with Crippen molar-refractivity contribution in [3.63, 3.8) is 0 Å². The molecule has 6 heteroatoms. The predicted molar refractivity (Wildman–Crippen MR) is 275 cm³/mol. The first kappa shape index (κ1) is 61.1. The second kappa shape index (κ2) is 52.7. The maximum absolute atomic E-state index is 12.8. The van der Waals surface area contributed by atoms with Crippen molar-refractivity contribution >= 4 is 17.9 Å². The molecule has 1 atom stereocenters. The van der Waals surface area contributed by atoms with Crippen molar-refractivity contribution in [2.45, 2.75) is 277 Å². The molecule has 6 nitrogen and oxygen atoms in total. The Hall–Kier alpha value is -2.89. The monoisotopic (exact) mass is 895 g/mol. The van der Waals surface area contributed by atoms with Crippen LogP contribution in [0, 0.1) is 0 Å². The molecular formula is C58H102O6. The molecule has 64 heavy (non-hydrogen) atoms. The lowest BCUT2D eigenvalue weighted by Gasteiger charge is -2.18. The number of allylic oxidation sites excluding steroid dienone is 10. The van der Waals surface area contributed by atoms with E-state index in [9.17, 15) is 14.4 Å². The number of carbonyl (C=O) groups is 3. The van der Waals surface area contributed by atoms with Gasteiger partial charge >= 0.3 is 17.9 Å². The number of unbranched alkanes of at least 4 members (excludes halogenated alkanes) is 28. The summed E-state index contributed by atoms with van der Waals surface area (Å²) in [4.78, 5) is 38.1. The molecule has 0 aromatic rings. The first-order valence-corrected chi connectivity index (χ1v) is 27.3. The highest BCUT2D eigenvalue weighted by Crippen LogP contribution is 2.15. The van der Waals surface area contributed by atoms with E-state index in [1.807, 2.05) is 0 Å². The van der Waals surface area contributed by atoms with Gasteiger partial charge in [-0.05, 0) is 83.5 Å². The molecular weight excluding hydrogens is 793 g/mol. The maximum atomic E-state index is 12.8. The van der Waals surface area contributed by atoms with Crippen molar-refractivity contribution in [3.8, 4) is 0 Å². The third kappa shape index (κ3) is 50.1. The molecule has 0 aliphatic heterocycles. The number of ether oxygens (including phenoxy) is 3. The molecule has 0 bridgehead atoms. The van der Waals surface area contributed by atoms with Crippen LogP contribution in [-0.2, 0) is 28.6 Å². The zero-order valence-electron chi connectivity index (χ0n) is 42.3. The van der Waals surface area contributed by atoms with E-state index in [2.05, 4.69) is 81.5 Å². The van der Waals surface area contributed by atoms with Gasteiger partial charge in [-0.25, -0.2) is 0 Å². The molecule has 0 heterocycles. The number of esters is 3. The SMILES string of the molecule is CC/C=C\C/C=C\C/C=C\CCCCCCCC(=O)OC(COC(=O)CCCCCCCCC/C=C\C/C=C\CCCCC)COC(=O)CCCCCCCCCCCCCCCC. The zero-order valence-corrected chi connectivity index (χ0v) is 42.3. The summed E-state index contributed by atoms with van der Waals surface area (Å²) in [6.45, 7) is 6.50. The van der Waals surface area contributed by atoms with Crippen molar-refractivity contribution in [3.05, 3.63) is 60.8 Å². The van der Waals surface area contributed by atoms with Gasteiger partial charge in [0.1, 0.15) is 13.2 Å². The molecule has 1 unspecified atom stereocenters. The fraction of sp³-hybridized carbons (Fsp3) is 0.776. The molecule has 0 aromatic carbocycles. The third-order valence-corrected chi connectivity index (χ3v) is 11.8. The fourth-order valence-electron chi connectivity index (χ4n) is 7.66. The van der Waals surface area contributed by atoms with Gasteiger partial charge < -0.3 is 14.2 Å². The van der Waals surface area contributed by atoms with Crippen LogP contribution in [0.3, 0.4) is 0 Å². The second-order valence-electron chi connectivity index (χ2n) is 18.1. The van der Waals surface area contributed by atoms with E-state index >= 15 is 0 Å². The Morgan fingerprint density at radius 3 is 0.984 bits per heavy atom. The Morgan fingerprint density at radius 2 is 0.609 bits per heavy atom. The minimum absolute atomic E-state index is 0.0817. The first-order valence-electron chi connectivity index (χ1n) is 27.3. The van der Waals surface area contributed by atoms with Gasteiger partial charge in [0, 0.05) is 19.3 Å². The molecule has 0 aliphatic carbocycles. The van der Waals surface area contributed by atoms with Crippen LogP contribution >= 0.6 is 0 Å². The molecule has 0 radical (unpaired) electrons. The lowest BCUT2D eigenvalue weighted by atomic mass is 10.0. The Kier molecular flexibility index (Phi) is 50.4. The van der Waals surface area contributed by atoms with Crippen LogP contribution in [0.15, 0.2) is 60.8 Å². The maximum Gasteiger partial charge on any atom is 0.306 e. The molecule has 0 fully saturated rings. The van der Waals surface area contributed by atoms with E-state index in [-0.39, 0.29) is 31.1 Å². The number of rotatable bonds is 49. The third-order valence-electron chi connectivity index (χ3n) is 11.8. The summed E-state index contributed by atoms with van der Waals surface area (Å²) in [7, 11) is 0. The lowest BCUT2D eigenvalue weighted by molar-refractivity contribution is -0.167. The van der Waals surface area contributed by atoms with Crippen LogP contribution < -0.4 is 0 Å². The van der Waals surface area contributed by atoms with Crippen LogP contribution in [-0.4, -0.2) is 37.2 Å². The van der Waals surface area contributed by atoms with E-state index in [1.54, 1.807) is 0 Å². The quantitative estimate of drug-likeness (QED) is 0.0262. The number of carbonyl (C=O) groups excluding carboxylic acids is 3. The van der Waals surface area contributed by atoms with E-state index < -0.39 is 6.10 Å². The molecule has 0 saturated carbocycles.